The van der Waals surface area contributed by atoms with Gasteiger partial charge in [0.2, 0.25) is 17.6 Å². The Morgan fingerprint density at radius 3 is 2.88 bits per heavy atom. The molecule has 6 heteroatoms. The van der Waals surface area contributed by atoms with Gasteiger partial charge < -0.3 is 14.2 Å². The molecule has 0 saturated carbocycles. The molecule has 1 aliphatic heterocycles. The Balaban J connectivity index is 1.56. The highest BCUT2D eigenvalue weighted by Crippen LogP contribution is 2.20. The van der Waals surface area contributed by atoms with Gasteiger partial charge in [-0.25, -0.2) is 0 Å². The Bertz CT molecular complexity index is 681. The van der Waals surface area contributed by atoms with Crippen molar-refractivity contribution in [2.75, 3.05) is 20.2 Å². The molecule has 3 rings (SSSR count). The van der Waals surface area contributed by atoms with Crippen LogP contribution in [-0.2, 0) is 11.2 Å². The summed E-state index contributed by atoms with van der Waals surface area (Å²) in [7, 11) is 1.63. The molecule has 2 aromatic rings. The topological polar surface area (TPSA) is 68.5 Å². The van der Waals surface area contributed by atoms with Crippen LogP contribution in [-0.4, -0.2) is 41.1 Å². The quantitative estimate of drug-likeness (QED) is 0.843. The second-order valence-electron chi connectivity index (χ2n) is 6.33. The van der Waals surface area contributed by atoms with Crippen molar-refractivity contribution in [3.63, 3.8) is 0 Å². The van der Waals surface area contributed by atoms with E-state index in [4.69, 9.17) is 9.26 Å². The highest BCUT2D eigenvalue weighted by atomic mass is 16.5. The molecule has 1 aromatic heterocycles. The fourth-order valence-electron chi connectivity index (χ4n) is 3.00. The van der Waals surface area contributed by atoms with Gasteiger partial charge >= 0.3 is 0 Å². The molecule has 1 fully saturated rings. The first-order chi connectivity index (χ1) is 11.7. The van der Waals surface area contributed by atoms with Gasteiger partial charge in [-0.3, -0.25) is 4.79 Å². The van der Waals surface area contributed by atoms with E-state index < -0.39 is 0 Å². The number of likely N-dealkylation sites (tertiary alicyclic amines) is 1. The fraction of sp³-hybridized carbons (Fsp3) is 0.500. The number of piperidine rings is 1. The minimum Gasteiger partial charge on any atom is -0.497 e. The maximum atomic E-state index is 12.3. The van der Waals surface area contributed by atoms with Gasteiger partial charge in [-0.05, 0) is 43.0 Å². The van der Waals surface area contributed by atoms with Crippen molar-refractivity contribution < 1.29 is 14.1 Å². The molecule has 0 N–H and O–H groups in total. The second kappa shape index (κ2) is 7.47. The van der Waals surface area contributed by atoms with Crippen LogP contribution in [0.25, 0.3) is 11.4 Å². The fourth-order valence-corrected chi connectivity index (χ4v) is 3.00. The Morgan fingerprint density at radius 1 is 1.38 bits per heavy atom. The SMILES string of the molecule is COc1ccc(-c2noc(CCC(=O)N3CCCC(C)C3)n2)cc1. The molecule has 1 unspecified atom stereocenters. The molecular formula is C18H23N3O3. The average molecular weight is 329 g/mol. The molecule has 1 atom stereocenters. The predicted octanol–water partition coefficient (Wildman–Crippen LogP) is 2.94. The van der Waals surface area contributed by atoms with Gasteiger partial charge in [-0.1, -0.05) is 12.1 Å². The largest absolute Gasteiger partial charge is 0.497 e. The normalized spacial score (nSPS) is 17.8. The first-order valence-corrected chi connectivity index (χ1v) is 8.40. The van der Waals surface area contributed by atoms with Gasteiger partial charge in [-0.15, -0.1) is 0 Å². The Hall–Kier alpha value is -2.37. The van der Waals surface area contributed by atoms with Crippen LogP contribution < -0.4 is 4.74 Å². The van der Waals surface area contributed by atoms with Gasteiger partial charge in [0.05, 0.1) is 7.11 Å². The average Bonchev–Trinajstić information content (AvgIpc) is 3.09. The van der Waals surface area contributed by atoms with E-state index in [2.05, 4.69) is 17.1 Å². The summed E-state index contributed by atoms with van der Waals surface area (Å²) < 4.78 is 10.4. The van der Waals surface area contributed by atoms with Crippen LogP contribution in [0.5, 0.6) is 5.75 Å². The number of ether oxygens (including phenoxy) is 1. The van der Waals surface area contributed by atoms with Crippen LogP contribution in [0.1, 0.15) is 32.1 Å². The number of nitrogens with zero attached hydrogens (tertiary/aromatic N) is 3. The number of methoxy groups -OCH3 is 1. The number of aryl methyl sites for hydroxylation is 1. The molecule has 128 valence electrons. The highest BCUT2D eigenvalue weighted by molar-refractivity contribution is 5.76. The van der Waals surface area contributed by atoms with Crippen molar-refractivity contribution in [2.45, 2.75) is 32.6 Å². The highest BCUT2D eigenvalue weighted by Gasteiger charge is 2.21. The number of amides is 1. The van der Waals surface area contributed by atoms with Gasteiger partial charge in [0.15, 0.2) is 0 Å². The molecule has 1 amide bonds. The molecule has 1 saturated heterocycles. The zero-order chi connectivity index (χ0) is 16.9. The summed E-state index contributed by atoms with van der Waals surface area (Å²) in [6.07, 6.45) is 3.19. The second-order valence-corrected chi connectivity index (χ2v) is 6.33. The van der Waals surface area contributed by atoms with Crippen LogP contribution in [0.4, 0.5) is 0 Å². The first-order valence-electron chi connectivity index (χ1n) is 8.40. The number of aromatic nitrogens is 2. The molecule has 6 nitrogen and oxygen atoms in total. The lowest BCUT2D eigenvalue weighted by molar-refractivity contribution is -0.132. The third-order valence-corrected chi connectivity index (χ3v) is 4.38. The number of carbonyl (C=O) groups is 1. The van der Waals surface area contributed by atoms with E-state index in [0.717, 1.165) is 30.8 Å². The number of benzene rings is 1. The van der Waals surface area contributed by atoms with Crippen LogP contribution >= 0.6 is 0 Å². The number of hydrogen-bond acceptors (Lipinski definition) is 5. The summed E-state index contributed by atoms with van der Waals surface area (Å²) in [6, 6.07) is 7.47. The molecule has 0 radical (unpaired) electrons. The Morgan fingerprint density at radius 2 is 2.17 bits per heavy atom. The summed E-state index contributed by atoms with van der Waals surface area (Å²) in [5.74, 6) is 2.58. The number of hydrogen-bond donors (Lipinski definition) is 0. The maximum Gasteiger partial charge on any atom is 0.227 e. The Kier molecular flexibility index (Phi) is 5.13. The molecule has 1 aromatic carbocycles. The van der Waals surface area contributed by atoms with Crippen molar-refractivity contribution in [2.24, 2.45) is 5.92 Å². The van der Waals surface area contributed by atoms with E-state index in [1.54, 1.807) is 7.11 Å². The molecular weight excluding hydrogens is 306 g/mol. The lowest BCUT2D eigenvalue weighted by Gasteiger charge is -2.30. The van der Waals surface area contributed by atoms with Gasteiger partial charge in [-0.2, -0.15) is 4.98 Å². The molecule has 0 spiro atoms. The van der Waals surface area contributed by atoms with Crippen LogP contribution in [0.15, 0.2) is 28.8 Å². The third kappa shape index (κ3) is 3.93. The standard InChI is InChI=1S/C18H23N3O3/c1-13-4-3-11-21(12-13)17(22)10-9-16-19-18(20-24-16)14-5-7-15(23-2)8-6-14/h5-8,13H,3-4,9-12H2,1-2H3. The molecule has 1 aliphatic rings. The minimum atomic E-state index is 0.172. The monoisotopic (exact) mass is 329 g/mol. The summed E-state index contributed by atoms with van der Waals surface area (Å²) in [6.45, 7) is 3.92. The first kappa shape index (κ1) is 16.5. The molecule has 24 heavy (non-hydrogen) atoms. The van der Waals surface area contributed by atoms with Crippen molar-refractivity contribution in [3.8, 4) is 17.1 Å². The summed E-state index contributed by atoms with van der Waals surface area (Å²) in [5, 5.41) is 3.99. The zero-order valence-corrected chi connectivity index (χ0v) is 14.2. The minimum absolute atomic E-state index is 0.172. The van der Waals surface area contributed by atoms with Crippen LogP contribution in [0, 0.1) is 5.92 Å². The van der Waals surface area contributed by atoms with E-state index in [0.29, 0.717) is 30.5 Å². The van der Waals surface area contributed by atoms with Gasteiger partial charge in [0, 0.05) is 31.5 Å². The summed E-state index contributed by atoms with van der Waals surface area (Å²) >= 11 is 0. The van der Waals surface area contributed by atoms with Gasteiger partial charge in [0.1, 0.15) is 5.75 Å². The Labute approximate surface area is 141 Å². The van der Waals surface area contributed by atoms with E-state index in [9.17, 15) is 4.79 Å². The zero-order valence-electron chi connectivity index (χ0n) is 14.2. The maximum absolute atomic E-state index is 12.3. The lowest BCUT2D eigenvalue weighted by Crippen LogP contribution is -2.39. The summed E-state index contributed by atoms with van der Waals surface area (Å²) in [5.41, 5.74) is 0.863. The third-order valence-electron chi connectivity index (χ3n) is 4.38. The molecule has 2 heterocycles. The van der Waals surface area contributed by atoms with Crippen LogP contribution in [0.3, 0.4) is 0 Å². The van der Waals surface area contributed by atoms with E-state index in [1.807, 2.05) is 29.2 Å². The van der Waals surface area contributed by atoms with Crippen molar-refractivity contribution in [1.82, 2.24) is 15.0 Å². The van der Waals surface area contributed by atoms with Crippen molar-refractivity contribution >= 4 is 5.91 Å². The van der Waals surface area contributed by atoms with Gasteiger partial charge in [0.25, 0.3) is 0 Å². The summed E-state index contributed by atoms with van der Waals surface area (Å²) in [4.78, 5) is 18.6. The van der Waals surface area contributed by atoms with E-state index >= 15 is 0 Å². The van der Waals surface area contributed by atoms with Crippen LogP contribution in [0.2, 0.25) is 0 Å². The molecule has 0 bridgehead atoms. The van der Waals surface area contributed by atoms with E-state index in [-0.39, 0.29) is 5.91 Å². The lowest BCUT2D eigenvalue weighted by atomic mass is 10.00. The smallest absolute Gasteiger partial charge is 0.227 e. The predicted molar refractivity (Wildman–Crippen MR) is 89.6 cm³/mol. The van der Waals surface area contributed by atoms with Crippen molar-refractivity contribution in [1.29, 1.82) is 0 Å². The van der Waals surface area contributed by atoms with E-state index in [1.165, 1.54) is 6.42 Å². The van der Waals surface area contributed by atoms with Crippen molar-refractivity contribution in [3.05, 3.63) is 30.2 Å². The molecule has 0 aliphatic carbocycles. The number of rotatable bonds is 5. The number of carbonyl (C=O) groups excluding carboxylic acids is 1.